The van der Waals surface area contributed by atoms with E-state index in [1.807, 2.05) is 11.9 Å². The first-order valence-electron chi connectivity index (χ1n) is 10.4. The largest absolute Gasteiger partial charge is 0.490 e. The summed E-state index contributed by atoms with van der Waals surface area (Å²) in [5.74, 6) is -2.50. The van der Waals surface area contributed by atoms with Gasteiger partial charge in [-0.3, -0.25) is 14.6 Å². The molecule has 184 valence electrons. The van der Waals surface area contributed by atoms with Gasteiger partial charge in [0.1, 0.15) is 5.82 Å². The Labute approximate surface area is 188 Å². The summed E-state index contributed by atoms with van der Waals surface area (Å²) < 4.78 is 50.1. The number of piperidine rings is 1. The van der Waals surface area contributed by atoms with Gasteiger partial charge in [0.25, 0.3) is 0 Å². The molecule has 3 atom stereocenters. The third kappa shape index (κ3) is 7.37. The minimum absolute atomic E-state index is 0.0214. The van der Waals surface area contributed by atoms with Crippen LogP contribution in [0.5, 0.6) is 0 Å². The number of likely N-dealkylation sites (tertiary alicyclic amines) is 2. The minimum atomic E-state index is -5.08. The van der Waals surface area contributed by atoms with E-state index in [-0.39, 0.29) is 30.1 Å². The van der Waals surface area contributed by atoms with Gasteiger partial charge in [-0.15, -0.1) is 0 Å². The number of pyridine rings is 1. The van der Waals surface area contributed by atoms with Gasteiger partial charge >= 0.3 is 12.1 Å². The van der Waals surface area contributed by atoms with Crippen molar-refractivity contribution in [2.24, 2.45) is 17.8 Å². The van der Waals surface area contributed by atoms with Crippen LogP contribution in [0.1, 0.15) is 18.5 Å². The lowest BCUT2D eigenvalue weighted by Crippen LogP contribution is -2.49. The normalized spacial score (nSPS) is 23.2. The van der Waals surface area contributed by atoms with Gasteiger partial charge in [-0.25, -0.2) is 9.18 Å². The molecule has 12 heteroatoms. The molecule has 0 spiro atoms. The van der Waals surface area contributed by atoms with E-state index < -0.39 is 18.0 Å². The van der Waals surface area contributed by atoms with Crippen LogP contribution in [-0.4, -0.2) is 84.2 Å². The first kappa shape index (κ1) is 26.5. The summed E-state index contributed by atoms with van der Waals surface area (Å²) in [5, 5.41) is 7.12. The predicted octanol–water partition coefficient (Wildman–Crippen LogP) is 1.99. The molecule has 8 nitrogen and oxygen atoms in total. The van der Waals surface area contributed by atoms with Gasteiger partial charge in [0.2, 0.25) is 11.8 Å². The van der Waals surface area contributed by atoms with Crippen molar-refractivity contribution in [3.63, 3.8) is 0 Å². The molecule has 2 saturated heterocycles. The molecule has 1 unspecified atom stereocenters. The summed E-state index contributed by atoms with van der Waals surface area (Å²) in [6.45, 7) is 2.55. The van der Waals surface area contributed by atoms with E-state index in [9.17, 15) is 27.2 Å². The molecule has 2 fully saturated rings. The first-order valence-corrected chi connectivity index (χ1v) is 10.4. The van der Waals surface area contributed by atoms with E-state index in [4.69, 9.17) is 14.6 Å². The van der Waals surface area contributed by atoms with Crippen molar-refractivity contribution >= 4 is 17.8 Å². The second-order valence-corrected chi connectivity index (χ2v) is 8.11. The smallest absolute Gasteiger partial charge is 0.475 e. The van der Waals surface area contributed by atoms with E-state index in [1.54, 1.807) is 12.0 Å². The maximum absolute atomic E-state index is 13.0. The molecule has 1 aromatic heterocycles. The standard InChI is InChI=1S/C19H26FN3O3.C2HF3O2/c1-22-11-13(12-26-2)16-5-7-23(8-6-17(16)19(22)25)18(24)9-15-4-3-14(20)10-21-15;3-2(4,5)1(6)7/h3-4,10,13,16-17H,5-9,11-12H2,1-2H3;(H,6,7)/t13?,16-,17-;/m0./s1. The summed E-state index contributed by atoms with van der Waals surface area (Å²) in [5.41, 5.74) is 0.561. The maximum Gasteiger partial charge on any atom is 0.490 e. The molecule has 0 radical (unpaired) electrons. The number of alkyl halides is 3. The van der Waals surface area contributed by atoms with Crippen LogP contribution in [0.2, 0.25) is 0 Å². The number of carboxylic acids is 1. The number of halogens is 4. The van der Waals surface area contributed by atoms with Crippen LogP contribution in [0.4, 0.5) is 17.6 Å². The highest BCUT2D eigenvalue weighted by Crippen LogP contribution is 2.36. The zero-order chi connectivity index (χ0) is 24.8. The van der Waals surface area contributed by atoms with E-state index in [2.05, 4.69) is 4.98 Å². The van der Waals surface area contributed by atoms with E-state index in [1.165, 1.54) is 12.1 Å². The number of hydrogen-bond donors (Lipinski definition) is 1. The first-order chi connectivity index (χ1) is 15.4. The fraction of sp³-hybridized carbons (Fsp3) is 0.619. The Balaban J connectivity index is 0.000000479. The Morgan fingerprint density at radius 3 is 2.42 bits per heavy atom. The number of carboxylic acid groups (broad SMARTS) is 1. The third-order valence-corrected chi connectivity index (χ3v) is 5.86. The summed E-state index contributed by atoms with van der Waals surface area (Å²) in [6.07, 6.45) is -2.31. The van der Waals surface area contributed by atoms with Gasteiger partial charge in [0.15, 0.2) is 0 Å². The monoisotopic (exact) mass is 477 g/mol. The molecule has 0 bridgehead atoms. The van der Waals surface area contributed by atoms with E-state index in [0.717, 1.165) is 12.6 Å². The zero-order valence-electron chi connectivity index (χ0n) is 18.3. The number of methoxy groups -OCH3 is 1. The highest BCUT2D eigenvalue weighted by molar-refractivity contribution is 5.81. The van der Waals surface area contributed by atoms with Crippen LogP contribution < -0.4 is 0 Å². The van der Waals surface area contributed by atoms with Gasteiger partial charge < -0.3 is 19.6 Å². The lowest BCUT2D eigenvalue weighted by molar-refractivity contribution is -0.192. The van der Waals surface area contributed by atoms with Crippen molar-refractivity contribution in [3.8, 4) is 0 Å². The van der Waals surface area contributed by atoms with Gasteiger partial charge in [0, 0.05) is 51.3 Å². The predicted molar refractivity (Wildman–Crippen MR) is 107 cm³/mol. The van der Waals surface area contributed by atoms with E-state index in [0.29, 0.717) is 44.3 Å². The Morgan fingerprint density at radius 1 is 1.24 bits per heavy atom. The molecule has 1 N–H and O–H groups in total. The number of carbonyl (C=O) groups is 3. The summed E-state index contributed by atoms with van der Waals surface area (Å²) >= 11 is 0. The average molecular weight is 477 g/mol. The SMILES string of the molecule is COCC1CN(C)C(=O)[C@H]2CCN(C(=O)Cc3ccc(F)cn3)CC[C@@H]12.O=C(O)C(F)(F)F. The zero-order valence-corrected chi connectivity index (χ0v) is 18.3. The summed E-state index contributed by atoms with van der Waals surface area (Å²) in [6, 6.07) is 2.86. The van der Waals surface area contributed by atoms with E-state index >= 15 is 0 Å². The lowest BCUT2D eigenvalue weighted by Gasteiger charge is -2.40. The molecule has 3 heterocycles. The highest BCUT2D eigenvalue weighted by atomic mass is 19.4. The minimum Gasteiger partial charge on any atom is -0.475 e. The number of aliphatic carboxylic acids is 1. The van der Waals surface area contributed by atoms with Crippen LogP contribution in [0.3, 0.4) is 0 Å². The molecular weight excluding hydrogens is 450 g/mol. The number of fused-ring (bicyclic) bond motifs is 1. The second kappa shape index (κ2) is 11.4. The fourth-order valence-electron chi connectivity index (χ4n) is 4.28. The van der Waals surface area contributed by atoms with Crippen LogP contribution >= 0.6 is 0 Å². The summed E-state index contributed by atoms with van der Waals surface area (Å²) in [7, 11) is 3.53. The molecule has 0 aliphatic carbocycles. The molecular formula is C21H27F4N3O5. The Bertz CT molecular complexity index is 834. The highest BCUT2D eigenvalue weighted by Gasteiger charge is 2.43. The number of rotatable bonds is 4. The van der Waals surface area contributed by atoms with Crippen molar-refractivity contribution in [1.29, 1.82) is 0 Å². The number of hydrogen-bond acceptors (Lipinski definition) is 5. The summed E-state index contributed by atoms with van der Waals surface area (Å²) in [4.78, 5) is 41.7. The van der Waals surface area contributed by atoms with Crippen molar-refractivity contribution in [2.45, 2.75) is 25.4 Å². The second-order valence-electron chi connectivity index (χ2n) is 8.11. The van der Waals surface area contributed by atoms with Crippen LogP contribution in [0, 0.1) is 23.6 Å². The van der Waals surface area contributed by atoms with Gasteiger partial charge in [-0.2, -0.15) is 13.2 Å². The van der Waals surface area contributed by atoms with Gasteiger partial charge in [-0.05, 0) is 30.9 Å². The van der Waals surface area contributed by atoms with Gasteiger partial charge in [0.05, 0.1) is 19.2 Å². The molecule has 2 aliphatic rings. The van der Waals surface area contributed by atoms with Crippen LogP contribution in [0.15, 0.2) is 18.3 Å². The van der Waals surface area contributed by atoms with Crippen molar-refractivity contribution < 1.29 is 41.8 Å². The quantitative estimate of drug-likeness (QED) is 0.666. The number of aromatic nitrogens is 1. The Morgan fingerprint density at radius 2 is 1.88 bits per heavy atom. The lowest BCUT2D eigenvalue weighted by atomic mass is 9.75. The van der Waals surface area contributed by atoms with Crippen molar-refractivity contribution in [3.05, 3.63) is 29.8 Å². The topological polar surface area (TPSA) is 100 Å². The third-order valence-electron chi connectivity index (χ3n) is 5.86. The van der Waals surface area contributed by atoms with Crippen molar-refractivity contribution in [2.75, 3.05) is 40.4 Å². The maximum atomic E-state index is 13.0. The number of nitrogens with zero attached hydrogens (tertiary/aromatic N) is 3. The molecule has 3 rings (SSSR count). The Hall–Kier alpha value is -2.76. The number of carbonyl (C=O) groups excluding carboxylic acids is 2. The number of amides is 2. The van der Waals surface area contributed by atoms with Gasteiger partial charge in [-0.1, -0.05) is 0 Å². The molecule has 2 amide bonds. The molecule has 33 heavy (non-hydrogen) atoms. The molecule has 2 aliphatic heterocycles. The molecule has 1 aromatic rings. The Kier molecular flexibility index (Phi) is 9.15. The fourth-order valence-corrected chi connectivity index (χ4v) is 4.28. The molecule has 0 saturated carbocycles. The average Bonchev–Trinajstić information content (AvgIpc) is 2.97. The number of ether oxygens (including phenoxy) is 1. The van der Waals surface area contributed by atoms with Crippen LogP contribution in [0.25, 0.3) is 0 Å². The molecule has 0 aromatic carbocycles. The van der Waals surface area contributed by atoms with Crippen LogP contribution in [-0.2, 0) is 25.5 Å². The van der Waals surface area contributed by atoms with Crippen molar-refractivity contribution in [1.82, 2.24) is 14.8 Å².